The van der Waals surface area contributed by atoms with E-state index in [9.17, 15) is 14.9 Å². The molecule has 1 aliphatic heterocycles. The maximum atomic E-state index is 12.5. The third-order valence-corrected chi connectivity index (χ3v) is 5.05. The zero-order valence-electron chi connectivity index (χ0n) is 15.1. The average molecular weight is 353 g/mol. The fourth-order valence-electron chi connectivity index (χ4n) is 3.58. The Morgan fingerprint density at radius 2 is 1.96 bits per heavy atom. The highest BCUT2D eigenvalue weighted by Gasteiger charge is 2.38. The van der Waals surface area contributed by atoms with Crippen LogP contribution in [0.4, 0.5) is 5.69 Å². The molecule has 3 rings (SSSR count). The van der Waals surface area contributed by atoms with Crippen LogP contribution in [0.3, 0.4) is 0 Å². The Hall–Kier alpha value is -2.69. The average Bonchev–Trinajstić information content (AvgIpc) is 2.88. The molecule has 0 amide bonds. The van der Waals surface area contributed by atoms with Crippen LogP contribution in [0.1, 0.15) is 45.1 Å². The molecule has 0 spiro atoms. The molecule has 0 N–H and O–H groups in total. The van der Waals surface area contributed by atoms with Crippen LogP contribution in [0.25, 0.3) is 6.08 Å². The Labute approximate surface area is 153 Å². The molecule has 1 fully saturated rings. The molecule has 1 aromatic carbocycles. The Morgan fingerprint density at radius 1 is 1.19 bits per heavy atom. The van der Waals surface area contributed by atoms with Crippen LogP contribution in [0, 0.1) is 16.0 Å². The fraction of sp³-hybridized carbons (Fsp3) is 0.381. The molecule has 1 aromatic rings. The summed E-state index contributed by atoms with van der Waals surface area (Å²) in [6.07, 6.45) is 9.26. The van der Waals surface area contributed by atoms with Crippen LogP contribution >= 0.6 is 0 Å². The molecule has 0 radical (unpaired) electrons. The van der Waals surface area contributed by atoms with Gasteiger partial charge in [-0.3, -0.25) is 10.1 Å². The van der Waals surface area contributed by atoms with Gasteiger partial charge in [-0.2, -0.15) is 0 Å². The van der Waals surface area contributed by atoms with Gasteiger partial charge < -0.3 is 4.74 Å². The van der Waals surface area contributed by atoms with Gasteiger partial charge in [0, 0.05) is 17.6 Å². The number of nitrogens with zero attached hydrogens (tertiary/aromatic N) is 1. The highest BCUT2D eigenvalue weighted by atomic mass is 16.6. The largest absolute Gasteiger partial charge is 0.454 e. The molecule has 1 aliphatic carbocycles. The molecule has 5 heteroatoms. The van der Waals surface area contributed by atoms with E-state index in [1.165, 1.54) is 17.2 Å². The van der Waals surface area contributed by atoms with Crippen molar-refractivity contribution in [3.63, 3.8) is 0 Å². The van der Waals surface area contributed by atoms with Crippen LogP contribution in [-0.4, -0.2) is 17.0 Å². The van der Waals surface area contributed by atoms with E-state index < -0.39 is 4.92 Å². The van der Waals surface area contributed by atoms with E-state index in [1.807, 2.05) is 6.08 Å². The molecule has 2 atom stereocenters. The van der Waals surface area contributed by atoms with Crippen molar-refractivity contribution >= 4 is 17.7 Å². The molecule has 0 bridgehead atoms. The second-order valence-corrected chi connectivity index (χ2v) is 7.03. The number of allylic oxidation sites excluding steroid dienone is 3. The van der Waals surface area contributed by atoms with E-state index in [0.29, 0.717) is 11.1 Å². The lowest BCUT2D eigenvalue weighted by Crippen LogP contribution is -2.15. The van der Waals surface area contributed by atoms with Crippen molar-refractivity contribution in [1.82, 2.24) is 0 Å². The first kappa shape index (κ1) is 18.1. The summed E-state index contributed by atoms with van der Waals surface area (Å²) < 4.78 is 5.62. The van der Waals surface area contributed by atoms with Gasteiger partial charge in [0.15, 0.2) is 0 Å². The summed E-state index contributed by atoms with van der Waals surface area (Å²) in [5, 5.41) is 11.3. The highest BCUT2D eigenvalue weighted by molar-refractivity contribution is 5.97. The number of carbonyl (C=O) groups excluding carboxylic acids is 1. The first-order valence-electron chi connectivity index (χ1n) is 8.94. The summed E-state index contributed by atoms with van der Waals surface area (Å²) in [7, 11) is 0. The van der Waals surface area contributed by atoms with Crippen molar-refractivity contribution in [2.24, 2.45) is 5.92 Å². The predicted octanol–water partition coefficient (Wildman–Crippen LogP) is 4.99. The van der Waals surface area contributed by atoms with Crippen molar-refractivity contribution in [3.8, 4) is 0 Å². The second kappa shape index (κ2) is 7.68. The van der Waals surface area contributed by atoms with Gasteiger partial charge in [0.1, 0.15) is 6.10 Å². The lowest BCUT2D eigenvalue weighted by molar-refractivity contribution is -0.385. The minimum absolute atomic E-state index is 0.00100. The van der Waals surface area contributed by atoms with Crippen LogP contribution in [-0.2, 0) is 9.53 Å². The van der Waals surface area contributed by atoms with Crippen LogP contribution in [0.15, 0.2) is 53.1 Å². The molecule has 1 saturated heterocycles. The van der Waals surface area contributed by atoms with Crippen LogP contribution in [0.5, 0.6) is 0 Å². The summed E-state index contributed by atoms with van der Waals surface area (Å²) in [6, 6.07) is 6.48. The molecule has 0 aromatic heterocycles. The number of para-hydroxylation sites is 1. The number of esters is 1. The minimum Gasteiger partial charge on any atom is -0.454 e. The van der Waals surface area contributed by atoms with Gasteiger partial charge in [-0.1, -0.05) is 29.4 Å². The lowest BCUT2D eigenvalue weighted by Gasteiger charge is -2.17. The molecule has 136 valence electrons. The molecule has 0 saturated carbocycles. The number of fused-ring (bicyclic) bond motifs is 1. The van der Waals surface area contributed by atoms with Crippen molar-refractivity contribution < 1.29 is 14.5 Å². The summed E-state index contributed by atoms with van der Waals surface area (Å²) in [4.78, 5) is 23.4. The molecule has 2 aliphatic rings. The number of ether oxygens (including phenoxy) is 1. The molecular formula is C21H23NO4. The van der Waals surface area contributed by atoms with Crippen LogP contribution < -0.4 is 0 Å². The monoisotopic (exact) mass is 353 g/mol. The molecule has 0 unspecified atom stereocenters. The normalized spacial score (nSPS) is 29.2. The third kappa shape index (κ3) is 3.93. The van der Waals surface area contributed by atoms with E-state index in [-0.39, 0.29) is 23.7 Å². The number of nitro groups is 1. The molecule has 1 heterocycles. The van der Waals surface area contributed by atoms with Gasteiger partial charge in [-0.15, -0.1) is 0 Å². The smallest absolute Gasteiger partial charge is 0.335 e. The zero-order chi connectivity index (χ0) is 18.7. The summed E-state index contributed by atoms with van der Waals surface area (Å²) in [6.45, 7) is 4.16. The Balaban J connectivity index is 2.00. The second-order valence-electron chi connectivity index (χ2n) is 7.03. The van der Waals surface area contributed by atoms with E-state index in [0.717, 1.165) is 25.7 Å². The highest BCUT2D eigenvalue weighted by Crippen LogP contribution is 2.37. The minimum atomic E-state index is -0.422. The molecular weight excluding hydrogens is 330 g/mol. The lowest BCUT2D eigenvalue weighted by atomic mass is 9.86. The number of hydrogen-bond donors (Lipinski definition) is 0. The summed E-state index contributed by atoms with van der Waals surface area (Å²) >= 11 is 0. The number of benzene rings is 1. The van der Waals surface area contributed by atoms with Crippen molar-refractivity contribution in [1.29, 1.82) is 0 Å². The standard InChI is InChI=1S/C21H23NO4/c1-14-6-5-7-15(2)12-20-17(11-10-14)18(21(23)26-20)13-16-8-3-4-9-19(16)22(24)25/h3-4,6,8-9,12-13,17,20H,5,7,10-11H2,1-2H3/b14-6-,15-12-,18-13+/t17-,20-/m1/s1. The maximum Gasteiger partial charge on any atom is 0.335 e. The predicted molar refractivity (Wildman–Crippen MR) is 100 cm³/mol. The third-order valence-electron chi connectivity index (χ3n) is 5.05. The molecule has 5 nitrogen and oxygen atoms in total. The number of nitro benzene ring substituents is 1. The van der Waals surface area contributed by atoms with Gasteiger partial charge in [0.05, 0.1) is 10.5 Å². The zero-order valence-corrected chi connectivity index (χ0v) is 15.1. The van der Waals surface area contributed by atoms with Gasteiger partial charge >= 0.3 is 5.97 Å². The summed E-state index contributed by atoms with van der Waals surface area (Å²) in [5.74, 6) is -0.457. The van der Waals surface area contributed by atoms with Crippen molar-refractivity contribution in [3.05, 3.63) is 68.8 Å². The van der Waals surface area contributed by atoms with Crippen molar-refractivity contribution in [2.75, 3.05) is 0 Å². The van der Waals surface area contributed by atoms with Gasteiger partial charge in [-0.05, 0) is 57.7 Å². The van der Waals surface area contributed by atoms with Gasteiger partial charge in [0.25, 0.3) is 5.69 Å². The summed E-state index contributed by atoms with van der Waals surface area (Å²) in [5.41, 5.74) is 3.48. The van der Waals surface area contributed by atoms with E-state index in [2.05, 4.69) is 19.9 Å². The van der Waals surface area contributed by atoms with Gasteiger partial charge in [-0.25, -0.2) is 4.79 Å². The van der Waals surface area contributed by atoms with E-state index in [4.69, 9.17) is 4.74 Å². The van der Waals surface area contributed by atoms with Crippen molar-refractivity contribution in [2.45, 2.75) is 45.6 Å². The Bertz CT molecular complexity index is 819. The Morgan fingerprint density at radius 3 is 2.73 bits per heavy atom. The number of carbonyl (C=O) groups is 1. The SMILES string of the molecule is C/C1=C/[C@H]2OC(=O)/C(=C/c3ccccc3[N+](=O)[O-])[C@H]2CC/C(C)=C\CC1. The van der Waals surface area contributed by atoms with E-state index in [1.54, 1.807) is 24.3 Å². The number of hydrogen-bond acceptors (Lipinski definition) is 4. The first-order valence-corrected chi connectivity index (χ1v) is 8.94. The van der Waals surface area contributed by atoms with E-state index >= 15 is 0 Å². The Kier molecular flexibility index (Phi) is 5.35. The first-order chi connectivity index (χ1) is 12.5. The van der Waals surface area contributed by atoms with Gasteiger partial charge in [0.2, 0.25) is 0 Å². The quantitative estimate of drug-likeness (QED) is 0.247. The number of rotatable bonds is 2. The van der Waals surface area contributed by atoms with Crippen LogP contribution in [0.2, 0.25) is 0 Å². The molecule has 26 heavy (non-hydrogen) atoms. The maximum absolute atomic E-state index is 12.5. The topological polar surface area (TPSA) is 69.4 Å². The fourth-order valence-corrected chi connectivity index (χ4v) is 3.58.